The van der Waals surface area contributed by atoms with Crippen LogP contribution >= 0.6 is 0 Å². The van der Waals surface area contributed by atoms with Gasteiger partial charge in [0.25, 0.3) is 0 Å². The van der Waals surface area contributed by atoms with Gasteiger partial charge in [0.05, 0.1) is 13.2 Å². The molecule has 0 spiro atoms. The molecule has 0 rings (SSSR count). The van der Waals surface area contributed by atoms with E-state index in [2.05, 4.69) is 0 Å². The number of aliphatic hydroxyl groups excluding tert-OH is 2. The smallest absolute Gasteiger partial charge is 0.156 e. The van der Waals surface area contributed by atoms with Gasteiger partial charge < -0.3 is 14.9 Å². The number of hydrogen-bond acceptors (Lipinski definition) is 3. The molecular weight excluding hydrogens is 120 g/mol. The van der Waals surface area contributed by atoms with E-state index in [0.717, 1.165) is 0 Å². The minimum absolute atomic E-state index is 0.0379. The molecule has 0 aromatic heterocycles. The highest BCUT2D eigenvalue weighted by Crippen LogP contribution is 2.00. The van der Waals surface area contributed by atoms with E-state index in [1.54, 1.807) is 0 Å². The zero-order valence-corrected chi connectivity index (χ0v) is 5.87. The lowest BCUT2D eigenvalue weighted by Crippen LogP contribution is -2.20. The van der Waals surface area contributed by atoms with Crippen LogP contribution in [0.5, 0.6) is 0 Å². The van der Waals surface area contributed by atoms with Crippen LogP contribution in [0.4, 0.5) is 0 Å². The van der Waals surface area contributed by atoms with E-state index < -0.39 is 6.29 Å². The molecule has 1 atom stereocenters. The second kappa shape index (κ2) is 4.73. The van der Waals surface area contributed by atoms with Crippen molar-refractivity contribution in [2.24, 2.45) is 5.92 Å². The quantitative estimate of drug-likeness (QED) is 0.531. The molecule has 9 heavy (non-hydrogen) atoms. The summed E-state index contributed by atoms with van der Waals surface area (Å²) >= 11 is 0. The Labute approximate surface area is 55.3 Å². The van der Waals surface area contributed by atoms with Crippen molar-refractivity contribution in [1.29, 1.82) is 0 Å². The fourth-order valence-corrected chi connectivity index (χ4v) is 0.366. The fourth-order valence-electron chi connectivity index (χ4n) is 0.366. The maximum absolute atomic E-state index is 8.92. The molecule has 0 aliphatic carbocycles. The van der Waals surface area contributed by atoms with Crippen molar-refractivity contribution in [2.75, 3.05) is 13.2 Å². The Morgan fingerprint density at radius 2 is 2.00 bits per heavy atom. The SMILES string of the molecule is CC(C)[C@H](O)OCCO. The first-order valence-corrected chi connectivity index (χ1v) is 3.09. The van der Waals surface area contributed by atoms with E-state index in [0.29, 0.717) is 0 Å². The van der Waals surface area contributed by atoms with Gasteiger partial charge in [-0.15, -0.1) is 0 Å². The second-order valence-electron chi connectivity index (χ2n) is 2.23. The molecule has 2 N–H and O–H groups in total. The van der Waals surface area contributed by atoms with Crippen LogP contribution in [0.2, 0.25) is 0 Å². The zero-order valence-electron chi connectivity index (χ0n) is 5.87. The van der Waals surface area contributed by atoms with Crippen LogP contribution in [0.25, 0.3) is 0 Å². The molecule has 0 aromatic rings. The molecule has 0 saturated carbocycles. The molecule has 0 radical (unpaired) electrons. The topological polar surface area (TPSA) is 49.7 Å². The summed E-state index contributed by atoms with van der Waals surface area (Å²) in [6, 6.07) is 0. The molecule has 0 aromatic carbocycles. The van der Waals surface area contributed by atoms with Gasteiger partial charge >= 0.3 is 0 Å². The molecule has 56 valence electrons. The zero-order chi connectivity index (χ0) is 7.28. The molecule has 0 heterocycles. The Morgan fingerprint density at radius 1 is 1.44 bits per heavy atom. The van der Waals surface area contributed by atoms with Crippen LogP contribution in [0.1, 0.15) is 13.8 Å². The lowest BCUT2D eigenvalue weighted by Gasteiger charge is -2.13. The lowest BCUT2D eigenvalue weighted by atomic mass is 10.2. The molecule has 3 nitrogen and oxygen atoms in total. The molecule has 0 fully saturated rings. The molecule has 3 heteroatoms. The van der Waals surface area contributed by atoms with Gasteiger partial charge in [-0.1, -0.05) is 13.8 Å². The van der Waals surface area contributed by atoms with Crippen molar-refractivity contribution in [3.8, 4) is 0 Å². The van der Waals surface area contributed by atoms with Crippen molar-refractivity contribution in [3.05, 3.63) is 0 Å². The van der Waals surface area contributed by atoms with Crippen molar-refractivity contribution in [1.82, 2.24) is 0 Å². The molecular formula is C6H14O3. The molecule has 0 amide bonds. The summed E-state index contributed by atoms with van der Waals surface area (Å²) in [5.74, 6) is 0.0940. The fraction of sp³-hybridized carbons (Fsp3) is 1.00. The number of ether oxygens (including phenoxy) is 1. The summed E-state index contributed by atoms with van der Waals surface area (Å²) < 4.78 is 4.76. The summed E-state index contributed by atoms with van der Waals surface area (Å²) in [4.78, 5) is 0. The predicted molar refractivity (Wildman–Crippen MR) is 33.9 cm³/mol. The Morgan fingerprint density at radius 3 is 2.33 bits per heavy atom. The first-order valence-electron chi connectivity index (χ1n) is 3.09. The van der Waals surface area contributed by atoms with Gasteiger partial charge in [-0.25, -0.2) is 0 Å². The maximum atomic E-state index is 8.92. The Balaban J connectivity index is 3.16. The van der Waals surface area contributed by atoms with E-state index in [9.17, 15) is 0 Å². The van der Waals surface area contributed by atoms with Gasteiger partial charge in [0.1, 0.15) is 0 Å². The molecule has 0 saturated heterocycles. The summed E-state index contributed by atoms with van der Waals surface area (Å²) in [5.41, 5.74) is 0. The molecule has 0 aliphatic rings. The van der Waals surface area contributed by atoms with Gasteiger partial charge in [-0.2, -0.15) is 0 Å². The third-order valence-corrected chi connectivity index (χ3v) is 0.950. The Bertz CT molecular complexity index is 63.3. The second-order valence-corrected chi connectivity index (χ2v) is 2.23. The van der Waals surface area contributed by atoms with E-state index in [4.69, 9.17) is 14.9 Å². The van der Waals surface area contributed by atoms with E-state index in [1.807, 2.05) is 13.8 Å². The van der Waals surface area contributed by atoms with Crippen molar-refractivity contribution < 1.29 is 14.9 Å². The van der Waals surface area contributed by atoms with Crippen LogP contribution in [-0.2, 0) is 4.74 Å². The Hall–Kier alpha value is -0.120. The summed E-state index contributed by atoms with van der Waals surface area (Å²) in [7, 11) is 0. The number of rotatable bonds is 4. The van der Waals surface area contributed by atoms with Gasteiger partial charge in [0.15, 0.2) is 6.29 Å². The highest BCUT2D eigenvalue weighted by molar-refractivity contribution is 4.45. The minimum Gasteiger partial charge on any atom is -0.394 e. The average Bonchev–Trinajstić information content (AvgIpc) is 1.82. The summed E-state index contributed by atoms with van der Waals surface area (Å²) in [5, 5.41) is 17.2. The van der Waals surface area contributed by atoms with E-state index >= 15 is 0 Å². The third-order valence-electron chi connectivity index (χ3n) is 0.950. The van der Waals surface area contributed by atoms with Crippen molar-refractivity contribution in [3.63, 3.8) is 0 Å². The minimum atomic E-state index is -0.739. The van der Waals surface area contributed by atoms with Gasteiger partial charge in [0, 0.05) is 5.92 Å². The maximum Gasteiger partial charge on any atom is 0.156 e. The van der Waals surface area contributed by atoms with Crippen molar-refractivity contribution in [2.45, 2.75) is 20.1 Å². The highest BCUT2D eigenvalue weighted by atomic mass is 16.6. The van der Waals surface area contributed by atoms with Gasteiger partial charge in [-0.3, -0.25) is 0 Å². The summed E-state index contributed by atoms with van der Waals surface area (Å²) in [6.07, 6.45) is -0.739. The first-order chi connectivity index (χ1) is 4.18. The van der Waals surface area contributed by atoms with Crippen LogP contribution in [0.15, 0.2) is 0 Å². The highest BCUT2D eigenvalue weighted by Gasteiger charge is 2.07. The van der Waals surface area contributed by atoms with Gasteiger partial charge in [0.2, 0.25) is 0 Å². The molecule has 0 aliphatic heterocycles. The third kappa shape index (κ3) is 4.39. The van der Waals surface area contributed by atoms with Crippen LogP contribution in [-0.4, -0.2) is 29.7 Å². The largest absolute Gasteiger partial charge is 0.394 e. The summed E-state index contributed by atoms with van der Waals surface area (Å²) in [6.45, 7) is 3.87. The first kappa shape index (κ1) is 8.88. The van der Waals surface area contributed by atoms with Crippen LogP contribution in [0, 0.1) is 5.92 Å². The predicted octanol–water partition coefficient (Wildman–Crippen LogP) is -0.0303. The standard InChI is InChI=1S/C6H14O3/c1-5(2)6(8)9-4-3-7/h5-8H,3-4H2,1-2H3/t6-/m1/s1. The number of aliphatic hydroxyl groups is 2. The normalized spacial score (nSPS) is 14.3. The monoisotopic (exact) mass is 134 g/mol. The van der Waals surface area contributed by atoms with Crippen LogP contribution < -0.4 is 0 Å². The lowest BCUT2D eigenvalue weighted by molar-refractivity contribution is -0.132. The number of hydrogen-bond donors (Lipinski definition) is 2. The molecule has 0 unspecified atom stereocenters. The van der Waals surface area contributed by atoms with Crippen LogP contribution in [0.3, 0.4) is 0 Å². The average molecular weight is 134 g/mol. The molecule has 0 bridgehead atoms. The Kier molecular flexibility index (Phi) is 4.67. The van der Waals surface area contributed by atoms with Crippen molar-refractivity contribution >= 4 is 0 Å². The van der Waals surface area contributed by atoms with Gasteiger partial charge in [-0.05, 0) is 0 Å². The van der Waals surface area contributed by atoms with E-state index in [1.165, 1.54) is 0 Å². The van der Waals surface area contributed by atoms with E-state index in [-0.39, 0.29) is 19.1 Å².